The minimum Gasteiger partial charge on any atom is -0.394 e. The van der Waals surface area contributed by atoms with Gasteiger partial charge in [0.05, 0.1) is 76.0 Å². The molecule has 1 saturated carbocycles. The molecule has 7 aliphatic rings. The van der Waals surface area contributed by atoms with Crippen LogP contribution in [0.5, 0.6) is 0 Å². The van der Waals surface area contributed by atoms with E-state index in [2.05, 4.69) is 4.52 Å². The highest BCUT2D eigenvalue weighted by Crippen LogP contribution is 2.57. The second-order valence-corrected chi connectivity index (χ2v) is 22.2. The van der Waals surface area contributed by atoms with Gasteiger partial charge in [-0.05, 0) is 0 Å². The molecule has 22 N–H and O–H groups in total. The summed E-state index contributed by atoms with van der Waals surface area (Å²) in [4.78, 5) is 20.1. The van der Waals surface area contributed by atoms with Crippen LogP contribution in [0.25, 0.3) is 0 Å². The van der Waals surface area contributed by atoms with Crippen molar-refractivity contribution in [1.82, 2.24) is 0 Å². The van der Waals surface area contributed by atoms with E-state index in [4.69, 9.17) is 67.7 Å². The lowest BCUT2D eigenvalue weighted by atomic mass is 9.79. The van der Waals surface area contributed by atoms with Crippen molar-refractivity contribution in [2.24, 2.45) is 23.3 Å². The first kappa shape index (κ1) is 62.7. The van der Waals surface area contributed by atoms with Gasteiger partial charge in [0.1, 0.15) is 122 Å². The van der Waals surface area contributed by atoms with Gasteiger partial charge < -0.3 is 146 Å². The number of hydrogen-bond donors (Lipinski definition) is 20. The maximum atomic E-state index is 12.5. The van der Waals surface area contributed by atoms with Crippen LogP contribution in [0, 0.1) is 11.8 Å². The number of phosphoric acid groups is 2. The Morgan fingerprint density at radius 3 is 1.66 bits per heavy atom. The van der Waals surface area contributed by atoms with E-state index < -0.39 is 245 Å². The molecule has 1 aliphatic carbocycles. The number of rotatable bonds is 19. The topological polar surface area (TPSA) is 570 Å². The van der Waals surface area contributed by atoms with Crippen molar-refractivity contribution in [2.45, 2.75) is 185 Å². The highest BCUT2D eigenvalue weighted by molar-refractivity contribution is 7.47. The molecule has 0 amide bonds. The molecule has 33 atom stereocenters. The van der Waals surface area contributed by atoms with E-state index in [0.29, 0.717) is 0 Å². The van der Waals surface area contributed by atoms with Crippen LogP contribution in [0.4, 0.5) is 0 Å². The lowest BCUT2D eigenvalue weighted by Crippen LogP contribution is -2.69. The predicted octanol–water partition coefficient (Wildman–Crippen LogP) is -11.9. The lowest BCUT2D eigenvalue weighted by Gasteiger charge is -2.51. The highest BCUT2D eigenvalue weighted by atomic mass is 31.2. The van der Waals surface area contributed by atoms with Crippen LogP contribution in [-0.2, 0) is 69.9 Å². The molecule has 7 rings (SSSR count). The van der Waals surface area contributed by atoms with Crippen molar-refractivity contribution in [1.29, 1.82) is 0 Å². The molecule has 15 unspecified atom stereocenters. The second kappa shape index (κ2) is 25.7. The predicted molar refractivity (Wildman–Crippen MR) is 234 cm³/mol. The van der Waals surface area contributed by atoms with Gasteiger partial charge in [-0.1, -0.05) is 6.92 Å². The first-order valence-corrected chi connectivity index (χ1v) is 27.0. The molecule has 444 valence electrons. The number of aliphatic hydroxyl groups excluding tert-OH is 16. The van der Waals surface area contributed by atoms with Gasteiger partial charge in [-0.25, -0.2) is 9.13 Å². The largest absolute Gasteiger partial charge is 0.473 e. The van der Waals surface area contributed by atoms with Crippen molar-refractivity contribution >= 4 is 15.6 Å². The maximum absolute atomic E-state index is 12.5. The summed E-state index contributed by atoms with van der Waals surface area (Å²) in [5.41, 5.74) is 11.6. The average Bonchev–Trinajstić information content (AvgIpc) is 3.72. The number of nitrogens with two attached hydrogens (primary N) is 2. The fraction of sp³-hybridized carbons (Fsp3) is 1.00. The van der Waals surface area contributed by atoms with Crippen molar-refractivity contribution < 1.29 is 161 Å². The first-order valence-electron chi connectivity index (χ1n) is 24.0. The van der Waals surface area contributed by atoms with E-state index in [1.54, 1.807) is 0 Å². The Morgan fingerprint density at radius 2 is 1.01 bits per heavy atom. The monoisotopic (exact) mass is 1160 g/mol. The Kier molecular flexibility index (Phi) is 21.2. The van der Waals surface area contributed by atoms with Gasteiger partial charge in [0.15, 0.2) is 25.2 Å². The summed E-state index contributed by atoms with van der Waals surface area (Å²) in [5, 5.41) is 174. The lowest BCUT2D eigenvalue weighted by molar-refractivity contribution is -0.383. The Morgan fingerprint density at radius 1 is 0.500 bits per heavy atom. The molecule has 37 heteroatoms. The molecular weight excluding hydrogens is 1090 g/mol. The van der Waals surface area contributed by atoms with Crippen LogP contribution in [0.1, 0.15) is 6.92 Å². The summed E-state index contributed by atoms with van der Waals surface area (Å²) in [6, 6.07) is -1.66. The van der Waals surface area contributed by atoms with Gasteiger partial charge in [0.25, 0.3) is 0 Å². The molecule has 0 spiro atoms. The van der Waals surface area contributed by atoms with Gasteiger partial charge >= 0.3 is 15.6 Å². The zero-order valence-electron chi connectivity index (χ0n) is 40.1. The van der Waals surface area contributed by atoms with Crippen molar-refractivity contribution in [3.05, 3.63) is 0 Å². The summed E-state index contributed by atoms with van der Waals surface area (Å²) in [5.74, 6) is -2.96. The van der Waals surface area contributed by atoms with E-state index in [0.717, 1.165) is 0 Å². The maximum Gasteiger partial charge on any atom is 0.473 e. The normalized spacial score (nSPS) is 53.0. The molecule has 6 heterocycles. The van der Waals surface area contributed by atoms with Gasteiger partial charge in [0.2, 0.25) is 0 Å². The number of ether oxygens (including phenoxy) is 9. The van der Waals surface area contributed by atoms with Gasteiger partial charge in [-0.15, -0.1) is 0 Å². The number of fused-ring (bicyclic) bond motifs is 1. The van der Waals surface area contributed by atoms with Crippen molar-refractivity contribution in [2.75, 3.05) is 46.2 Å². The van der Waals surface area contributed by atoms with Gasteiger partial charge in [-0.3, -0.25) is 18.1 Å². The molecule has 76 heavy (non-hydrogen) atoms. The molecule has 0 bridgehead atoms. The molecular formula is C39H70N2O33P2. The summed E-state index contributed by atoms with van der Waals surface area (Å²) in [7, 11) is -9.64. The summed E-state index contributed by atoms with van der Waals surface area (Å²) in [6.07, 6.45) is -53.1. The molecule has 6 aliphatic heterocycles. The van der Waals surface area contributed by atoms with E-state index in [-0.39, 0.29) is 6.54 Å². The fourth-order valence-corrected chi connectivity index (χ4v) is 11.9. The number of aliphatic hydroxyl groups is 16. The van der Waals surface area contributed by atoms with Crippen LogP contribution in [-0.4, -0.2) is 315 Å². The quantitative estimate of drug-likeness (QED) is 0.0534. The Hall–Kier alpha value is -0.860. The molecule has 0 aromatic heterocycles. The second-order valence-electron chi connectivity index (χ2n) is 19.4. The molecule has 0 aromatic rings. The summed E-state index contributed by atoms with van der Waals surface area (Å²) >= 11 is 0. The van der Waals surface area contributed by atoms with Gasteiger partial charge in [0, 0.05) is 12.5 Å². The van der Waals surface area contributed by atoms with Crippen LogP contribution >= 0.6 is 15.6 Å². The minimum absolute atomic E-state index is 0.220. The molecule has 35 nitrogen and oxygen atoms in total. The fourth-order valence-electron chi connectivity index (χ4n) is 10.0. The Bertz CT molecular complexity index is 1960. The van der Waals surface area contributed by atoms with Crippen LogP contribution < -0.4 is 11.5 Å². The molecule has 0 aromatic carbocycles. The first-order chi connectivity index (χ1) is 35.7. The van der Waals surface area contributed by atoms with Gasteiger partial charge in [-0.2, -0.15) is 0 Å². The zero-order chi connectivity index (χ0) is 56.0. The summed E-state index contributed by atoms with van der Waals surface area (Å²) < 4.78 is 96.7. The van der Waals surface area contributed by atoms with E-state index in [1.807, 2.05) is 0 Å². The smallest absolute Gasteiger partial charge is 0.394 e. The standard InChI is InChI=1S/C39H70N2O33P2/c1-9-17(45)32(35-33(18(9)46)73-76(60,61)74-35)71-37-16(41)24(52)30(12(6-44)67-37)70-38-29(57)26(54)22(50)13(69-38)7-62-39-34(27(55)20(48)11(5-43)66-39)72-36-15(31-28(56)25(53)19(47)10(4-42)65-31)23(51)21(49)14(68-36)8-64-75(58,59)63-3-2-40/h9-39,42-57H,2-8,40-41H2,1H3,(H,58,59)(H,60,61)/t9-,10?,11?,12?,13?,14?,15?,16?,17?,18?,19+,20+,21+,22+,23-,24-,25+,26+,27+,28?,29?,30+,31+,32?,33+,34?,35+,36+,37+,38+,39-/m1/s1. The van der Waals surface area contributed by atoms with Crippen molar-refractivity contribution in [3.8, 4) is 0 Å². The minimum atomic E-state index is -4.91. The van der Waals surface area contributed by atoms with E-state index in [1.165, 1.54) is 6.92 Å². The Labute approximate surface area is 430 Å². The third-order valence-electron chi connectivity index (χ3n) is 14.4. The third kappa shape index (κ3) is 13.0. The van der Waals surface area contributed by atoms with Crippen molar-refractivity contribution in [3.63, 3.8) is 0 Å². The van der Waals surface area contributed by atoms with Crippen LogP contribution in [0.3, 0.4) is 0 Å². The van der Waals surface area contributed by atoms with Crippen LogP contribution in [0.2, 0.25) is 0 Å². The molecule has 6 saturated heterocycles. The third-order valence-corrected chi connectivity index (χ3v) is 16.4. The zero-order valence-corrected chi connectivity index (χ0v) is 41.9. The van der Waals surface area contributed by atoms with Crippen LogP contribution in [0.15, 0.2) is 0 Å². The number of hydrogen-bond acceptors (Lipinski definition) is 33. The number of phosphoric ester groups is 2. The molecule has 0 radical (unpaired) electrons. The Balaban J connectivity index is 1.08. The average molecular weight is 1160 g/mol. The summed E-state index contributed by atoms with van der Waals surface area (Å²) in [6.45, 7) is -4.26. The highest BCUT2D eigenvalue weighted by Gasteiger charge is 2.62. The SMILES string of the molecule is C[C@@H]1C(O)C(O[C@@H]2OC(CO)[C@H](O[C@@H]3OC(CO[C@@H]4OC(CO)[C@H](O)[C@H](O)C4O[C@@H]4OC(COP(=O)(O)OCCN)[C@H](O)[C@H](O)C4[C@@H]4OC(CO)[C@H](O)[C@H](O)C4O)[C@H](O)[C@H](O)C3O)[C@H](O)C2N)[C@@H]2OP(=O)(O)O[C@H]2C1O. The van der Waals surface area contributed by atoms with E-state index in [9.17, 15) is 101 Å². The molecule has 7 fully saturated rings. The van der Waals surface area contributed by atoms with E-state index >= 15 is 0 Å².